The van der Waals surface area contributed by atoms with Crippen molar-refractivity contribution in [3.05, 3.63) is 125 Å². The molecule has 1 fully saturated rings. The zero-order chi connectivity index (χ0) is 27.9. The molecule has 0 spiro atoms. The number of morpholine rings is 1. The first-order chi connectivity index (χ1) is 19.5. The van der Waals surface area contributed by atoms with Gasteiger partial charge >= 0.3 is 5.97 Å². The molecule has 1 aliphatic rings. The number of carboxylic acid groups (broad SMARTS) is 1. The number of para-hydroxylation sites is 1. The summed E-state index contributed by atoms with van der Waals surface area (Å²) >= 11 is 0. The van der Waals surface area contributed by atoms with Gasteiger partial charge in [0.1, 0.15) is 18.2 Å². The summed E-state index contributed by atoms with van der Waals surface area (Å²) in [6, 6.07) is 27.5. The number of nitrogens with zero attached hydrogens (tertiary/aromatic N) is 2. The predicted octanol–water partition coefficient (Wildman–Crippen LogP) is 5.79. The zero-order valence-electron chi connectivity index (χ0n) is 21.8. The maximum Gasteiger partial charge on any atom is 0.337 e. The van der Waals surface area contributed by atoms with Crippen LogP contribution in [0.2, 0.25) is 0 Å². The minimum atomic E-state index is -1.08. The smallest absolute Gasteiger partial charge is 0.337 e. The van der Waals surface area contributed by atoms with Gasteiger partial charge in [0, 0.05) is 35.5 Å². The van der Waals surface area contributed by atoms with Crippen molar-refractivity contribution in [2.45, 2.75) is 13.2 Å². The van der Waals surface area contributed by atoms with Crippen LogP contribution < -0.4 is 14.5 Å². The van der Waals surface area contributed by atoms with E-state index in [-0.39, 0.29) is 30.4 Å². The third-order valence-corrected chi connectivity index (χ3v) is 6.78. The van der Waals surface area contributed by atoms with Crippen LogP contribution in [0.5, 0.6) is 5.75 Å². The van der Waals surface area contributed by atoms with E-state index in [1.54, 1.807) is 60.7 Å². The molecule has 40 heavy (non-hydrogen) atoms. The van der Waals surface area contributed by atoms with Crippen molar-refractivity contribution in [2.24, 2.45) is 0 Å². The molecule has 0 radical (unpaired) electrons. The third-order valence-electron chi connectivity index (χ3n) is 6.78. The Balaban J connectivity index is 1.50. The molecule has 0 saturated carbocycles. The van der Waals surface area contributed by atoms with Gasteiger partial charge in [-0.25, -0.2) is 9.18 Å². The van der Waals surface area contributed by atoms with E-state index >= 15 is 0 Å². The highest BCUT2D eigenvalue weighted by molar-refractivity contribution is 6.07. The molecular weight excluding hydrogens is 511 g/mol. The second kappa shape index (κ2) is 12.4. The Labute approximate surface area is 232 Å². The summed E-state index contributed by atoms with van der Waals surface area (Å²) in [5.74, 6) is -1.23. The highest BCUT2D eigenvalue weighted by atomic mass is 19.1. The number of carboxylic acids is 1. The van der Waals surface area contributed by atoms with E-state index in [1.165, 1.54) is 17.0 Å². The predicted molar refractivity (Wildman–Crippen MR) is 151 cm³/mol. The van der Waals surface area contributed by atoms with Crippen LogP contribution >= 0.6 is 0 Å². The monoisotopic (exact) mass is 540 g/mol. The molecule has 0 aliphatic carbocycles. The Morgan fingerprint density at radius 2 is 1.55 bits per heavy atom. The van der Waals surface area contributed by atoms with Crippen molar-refractivity contribution in [2.75, 3.05) is 36.1 Å². The van der Waals surface area contributed by atoms with Crippen LogP contribution in [0.4, 0.5) is 15.8 Å². The molecule has 8 heteroatoms. The van der Waals surface area contributed by atoms with Crippen molar-refractivity contribution < 1.29 is 28.6 Å². The van der Waals surface area contributed by atoms with Gasteiger partial charge in [0.25, 0.3) is 5.91 Å². The van der Waals surface area contributed by atoms with Crippen molar-refractivity contribution >= 4 is 23.3 Å². The maximum absolute atomic E-state index is 14.2. The molecule has 0 atom stereocenters. The molecule has 1 amide bonds. The van der Waals surface area contributed by atoms with Crippen LogP contribution in [0, 0.1) is 5.82 Å². The first-order valence-corrected chi connectivity index (χ1v) is 13.0. The molecule has 1 heterocycles. The number of ether oxygens (including phenoxy) is 2. The van der Waals surface area contributed by atoms with Crippen LogP contribution in [0.15, 0.2) is 97.1 Å². The van der Waals surface area contributed by atoms with E-state index in [0.717, 1.165) is 0 Å². The van der Waals surface area contributed by atoms with E-state index in [0.29, 0.717) is 60.1 Å². The number of benzene rings is 4. The third kappa shape index (κ3) is 6.13. The van der Waals surface area contributed by atoms with Crippen molar-refractivity contribution in [3.8, 4) is 5.75 Å². The largest absolute Gasteiger partial charge is 0.488 e. The number of halogens is 1. The lowest BCUT2D eigenvalue weighted by Crippen LogP contribution is -2.37. The standard InChI is InChI=1S/C32H29FN2O5/c33-28-12-6-4-11-25(28)22-40-30-13-7-5-10-24(30)21-35(31(36)23-8-2-1-3-9-23)26-14-15-29(27(20-26)32(37)38)34-16-18-39-19-17-34/h1-15,20H,16-19,21-22H2,(H,37,38). The zero-order valence-corrected chi connectivity index (χ0v) is 21.8. The molecule has 1 saturated heterocycles. The number of hydrogen-bond donors (Lipinski definition) is 1. The van der Waals surface area contributed by atoms with Crippen LogP contribution in [-0.4, -0.2) is 43.3 Å². The van der Waals surface area contributed by atoms with Crippen molar-refractivity contribution in [1.29, 1.82) is 0 Å². The summed E-state index contributed by atoms with van der Waals surface area (Å²) in [4.78, 5) is 29.7. The normalized spacial score (nSPS) is 13.1. The number of aromatic carboxylic acids is 1. The van der Waals surface area contributed by atoms with Crippen LogP contribution in [0.1, 0.15) is 31.8 Å². The number of carbonyl (C=O) groups is 2. The molecular formula is C32H29FN2O5. The lowest BCUT2D eigenvalue weighted by Gasteiger charge is -2.31. The second-order valence-corrected chi connectivity index (χ2v) is 9.35. The number of rotatable bonds is 9. The summed E-state index contributed by atoms with van der Waals surface area (Å²) in [5, 5.41) is 10.1. The molecule has 0 unspecified atom stereocenters. The summed E-state index contributed by atoms with van der Waals surface area (Å²) in [7, 11) is 0. The van der Waals surface area contributed by atoms with Gasteiger partial charge in [0.2, 0.25) is 0 Å². The molecule has 5 rings (SSSR count). The maximum atomic E-state index is 14.2. The van der Waals surface area contributed by atoms with Gasteiger partial charge in [-0.15, -0.1) is 0 Å². The molecule has 1 aliphatic heterocycles. The molecule has 4 aromatic rings. The lowest BCUT2D eigenvalue weighted by atomic mass is 10.1. The number of hydrogen-bond acceptors (Lipinski definition) is 5. The lowest BCUT2D eigenvalue weighted by molar-refractivity contribution is 0.0695. The Hall–Kier alpha value is -4.69. The van der Waals surface area contributed by atoms with Crippen LogP contribution in [0.3, 0.4) is 0 Å². The highest BCUT2D eigenvalue weighted by Gasteiger charge is 2.24. The quantitative estimate of drug-likeness (QED) is 0.290. The van der Waals surface area contributed by atoms with E-state index < -0.39 is 5.97 Å². The molecule has 1 N–H and O–H groups in total. The fourth-order valence-corrected chi connectivity index (χ4v) is 4.68. The first-order valence-electron chi connectivity index (χ1n) is 13.0. The first kappa shape index (κ1) is 26.9. The number of amides is 1. The summed E-state index contributed by atoms with van der Waals surface area (Å²) in [5.41, 5.74) is 2.69. The highest BCUT2D eigenvalue weighted by Crippen LogP contribution is 2.31. The summed E-state index contributed by atoms with van der Waals surface area (Å²) in [6.45, 7) is 2.33. The second-order valence-electron chi connectivity index (χ2n) is 9.35. The van der Waals surface area contributed by atoms with Gasteiger partial charge in [0.05, 0.1) is 31.0 Å². The van der Waals surface area contributed by atoms with Gasteiger partial charge in [-0.3, -0.25) is 4.79 Å². The minimum Gasteiger partial charge on any atom is -0.488 e. The Morgan fingerprint density at radius 3 is 2.27 bits per heavy atom. The SMILES string of the molecule is O=C(O)c1cc(N(Cc2ccccc2OCc2ccccc2F)C(=O)c2ccccc2)ccc1N1CCOCC1. The van der Waals surface area contributed by atoms with Crippen molar-refractivity contribution in [1.82, 2.24) is 0 Å². The van der Waals surface area contributed by atoms with Gasteiger partial charge in [-0.1, -0.05) is 54.6 Å². The van der Waals surface area contributed by atoms with Crippen LogP contribution in [0.25, 0.3) is 0 Å². The van der Waals surface area contributed by atoms with Crippen LogP contribution in [-0.2, 0) is 17.9 Å². The van der Waals surface area contributed by atoms with Gasteiger partial charge in [-0.2, -0.15) is 0 Å². The van der Waals surface area contributed by atoms with Crippen molar-refractivity contribution in [3.63, 3.8) is 0 Å². The molecule has 204 valence electrons. The van der Waals surface area contributed by atoms with Gasteiger partial charge < -0.3 is 24.4 Å². The molecule has 7 nitrogen and oxygen atoms in total. The topological polar surface area (TPSA) is 79.3 Å². The van der Waals surface area contributed by atoms with E-state index in [9.17, 15) is 19.1 Å². The van der Waals surface area contributed by atoms with E-state index in [1.807, 2.05) is 29.2 Å². The fraction of sp³-hybridized carbons (Fsp3) is 0.188. The Morgan fingerprint density at radius 1 is 0.875 bits per heavy atom. The average Bonchev–Trinajstić information content (AvgIpc) is 3.00. The van der Waals surface area contributed by atoms with Gasteiger partial charge in [-0.05, 0) is 42.5 Å². The average molecular weight is 541 g/mol. The van der Waals surface area contributed by atoms with E-state index in [2.05, 4.69) is 0 Å². The van der Waals surface area contributed by atoms with Gasteiger partial charge in [0.15, 0.2) is 0 Å². The summed E-state index contributed by atoms with van der Waals surface area (Å²) in [6.07, 6.45) is 0. The van der Waals surface area contributed by atoms with E-state index in [4.69, 9.17) is 9.47 Å². The molecule has 0 aromatic heterocycles. The molecule has 4 aromatic carbocycles. The minimum absolute atomic E-state index is 0.0216. The fourth-order valence-electron chi connectivity index (χ4n) is 4.68. The number of anilines is 2. The Kier molecular flexibility index (Phi) is 8.37. The molecule has 0 bridgehead atoms. The summed E-state index contributed by atoms with van der Waals surface area (Å²) < 4.78 is 25.6. The Bertz CT molecular complexity index is 1490. The number of carbonyl (C=O) groups excluding carboxylic acids is 1.